The van der Waals surface area contributed by atoms with Crippen LogP contribution in [-0.4, -0.2) is 37.2 Å². The Kier molecular flexibility index (Phi) is 47.8. The number of allylic oxidation sites excluding steroid dienone is 4. The smallest absolute Gasteiger partial charge is 0.306 e. The number of ether oxygens (including phenoxy) is 3. The third kappa shape index (κ3) is 46.9. The summed E-state index contributed by atoms with van der Waals surface area (Å²) in [7, 11) is 0. The van der Waals surface area contributed by atoms with Crippen molar-refractivity contribution in [1.82, 2.24) is 0 Å². The fourth-order valence-corrected chi connectivity index (χ4v) is 7.65. The summed E-state index contributed by atoms with van der Waals surface area (Å²) in [5.41, 5.74) is 0. The third-order valence-corrected chi connectivity index (χ3v) is 11.7. The lowest BCUT2D eigenvalue weighted by Crippen LogP contribution is -2.30. The fraction of sp³-hybridized carbons (Fsp3) is 0.870. The highest BCUT2D eigenvalue weighted by molar-refractivity contribution is 5.71. The number of carbonyl (C=O) groups excluding carboxylic acids is 3. The SMILES string of the molecule is CCCC/C=C\CCCCCCCC(=O)OCC(COC(=O)CCCCCCC/C=C\CCCCCCCCC)OC(=O)CCCCCCCCCCCCCCCCC. The van der Waals surface area contributed by atoms with Crippen molar-refractivity contribution in [2.75, 3.05) is 13.2 Å². The van der Waals surface area contributed by atoms with Gasteiger partial charge in [-0.25, -0.2) is 0 Å². The van der Waals surface area contributed by atoms with Gasteiger partial charge in [-0.1, -0.05) is 225 Å². The summed E-state index contributed by atoms with van der Waals surface area (Å²) in [5, 5.41) is 0. The molecular weight excluding hydrogens is 745 g/mol. The highest BCUT2D eigenvalue weighted by atomic mass is 16.6. The highest BCUT2D eigenvalue weighted by Crippen LogP contribution is 2.16. The van der Waals surface area contributed by atoms with Crippen LogP contribution in [0.15, 0.2) is 24.3 Å². The maximum absolute atomic E-state index is 12.8. The van der Waals surface area contributed by atoms with Crippen LogP contribution in [0, 0.1) is 0 Å². The maximum Gasteiger partial charge on any atom is 0.306 e. The van der Waals surface area contributed by atoms with Crippen LogP contribution in [0.2, 0.25) is 0 Å². The Balaban J connectivity index is 4.34. The van der Waals surface area contributed by atoms with Crippen LogP contribution in [-0.2, 0) is 28.6 Å². The Morgan fingerprint density at radius 1 is 0.317 bits per heavy atom. The molecule has 0 heterocycles. The third-order valence-electron chi connectivity index (χ3n) is 11.7. The van der Waals surface area contributed by atoms with Crippen LogP contribution in [0.3, 0.4) is 0 Å². The number of hydrogen-bond acceptors (Lipinski definition) is 6. The van der Waals surface area contributed by atoms with E-state index in [9.17, 15) is 14.4 Å². The van der Waals surface area contributed by atoms with E-state index in [1.54, 1.807) is 0 Å². The number of unbranched alkanes of at least 4 members (excludes halogenated alkanes) is 33. The summed E-state index contributed by atoms with van der Waals surface area (Å²) in [6.07, 6.45) is 55.9. The molecule has 0 radical (unpaired) electrons. The molecule has 0 saturated carbocycles. The first-order valence-corrected chi connectivity index (χ1v) is 26.3. The maximum atomic E-state index is 12.8. The van der Waals surface area contributed by atoms with Gasteiger partial charge in [0.1, 0.15) is 13.2 Å². The van der Waals surface area contributed by atoms with E-state index in [1.165, 1.54) is 173 Å². The van der Waals surface area contributed by atoms with E-state index in [1.807, 2.05) is 0 Å². The molecule has 0 amide bonds. The van der Waals surface area contributed by atoms with Gasteiger partial charge in [0.05, 0.1) is 0 Å². The standard InChI is InChI=1S/C54H100O6/c1-4-7-10-13-16-19-22-24-26-28-29-32-35-38-41-44-47-53(56)59-50-51(49-58-52(55)46-43-40-37-34-31-21-18-15-12-9-6-3)60-54(57)48-45-42-39-36-33-30-27-25-23-20-17-14-11-8-5-2/h15,18,26,28,51H,4-14,16-17,19-25,27,29-50H2,1-3H3/b18-15-,28-26-. The van der Waals surface area contributed by atoms with Crippen LogP contribution < -0.4 is 0 Å². The Bertz CT molecular complexity index is 973. The molecule has 0 saturated heterocycles. The number of esters is 3. The lowest BCUT2D eigenvalue weighted by atomic mass is 10.0. The second kappa shape index (κ2) is 49.5. The van der Waals surface area contributed by atoms with Gasteiger partial charge in [-0.3, -0.25) is 14.4 Å². The Morgan fingerprint density at radius 2 is 0.567 bits per heavy atom. The monoisotopic (exact) mass is 845 g/mol. The summed E-state index contributed by atoms with van der Waals surface area (Å²) < 4.78 is 16.8. The van der Waals surface area contributed by atoms with Gasteiger partial charge in [0.15, 0.2) is 6.10 Å². The van der Waals surface area contributed by atoms with Crippen LogP contribution in [0.5, 0.6) is 0 Å². The van der Waals surface area contributed by atoms with Crippen molar-refractivity contribution in [3.63, 3.8) is 0 Å². The molecule has 0 bridgehead atoms. The Morgan fingerprint density at radius 3 is 0.883 bits per heavy atom. The van der Waals surface area contributed by atoms with Gasteiger partial charge in [0, 0.05) is 19.3 Å². The molecule has 352 valence electrons. The predicted molar refractivity (Wildman–Crippen MR) is 256 cm³/mol. The summed E-state index contributed by atoms with van der Waals surface area (Å²) >= 11 is 0. The number of carbonyl (C=O) groups is 3. The molecule has 0 N–H and O–H groups in total. The molecule has 0 spiro atoms. The molecule has 0 aromatic carbocycles. The molecule has 0 aliphatic rings. The highest BCUT2D eigenvalue weighted by Gasteiger charge is 2.19. The molecule has 0 rings (SSSR count). The van der Waals surface area contributed by atoms with Crippen molar-refractivity contribution < 1.29 is 28.6 Å². The van der Waals surface area contributed by atoms with Gasteiger partial charge in [-0.15, -0.1) is 0 Å². The van der Waals surface area contributed by atoms with Crippen molar-refractivity contribution in [2.45, 2.75) is 290 Å². The average Bonchev–Trinajstić information content (AvgIpc) is 3.24. The molecule has 6 nitrogen and oxygen atoms in total. The minimum absolute atomic E-state index is 0.0746. The largest absolute Gasteiger partial charge is 0.462 e. The number of rotatable bonds is 48. The van der Waals surface area contributed by atoms with Gasteiger partial charge < -0.3 is 14.2 Å². The van der Waals surface area contributed by atoms with Gasteiger partial charge in [0.25, 0.3) is 0 Å². The van der Waals surface area contributed by atoms with Crippen LogP contribution >= 0.6 is 0 Å². The minimum atomic E-state index is -0.772. The zero-order valence-corrected chi connectivity index (χ0v) is 40.2. The zero-order chi connectivity index (χ0) is 43.7. The van der Waals surface area contributed by atoms with E-state index in [0.717, 1.165) is 70.6 Å². The van der Waals surface area contributed by atoms with E-state index < -0.39 is 6.10 Å². The van der Waals surface area contributed by atoms with E-state index >= 15 is 0 Å². The molecule has 1 atom stereocenters. The van der Waals surface area contributed by atoms with E-state index in [0.29, 0.717) is 19.3 Å². The van der Waals surface area contributed by atoms with Gasteiger partial charge in [-0.2, -0.15) is 0 Å². The normalized spacial score (nSPS) is 12.1. The van der Waals surface area contributed by atoms with Crippen LogP contribution in [0.4, 0.5) is 0 Å². The molecular formula is C54H100O6. The molecule has 0 aliphatic carbocycles. The van der Waals surface area contributed by atoms with Crippen LogP contribution in [0.25, 0.3) is 0 Å². The summed E-state index contributed by atoms with van der Waals surface area (Å²) in [6.45, 7) is 6.61. The lowest BCUT2D eigenvalue weighted by molar-refractivity contribution is -0.167. The molecule has 0 aromatic rings. The fourth-order valence-electron chi connectivity index (χ4n) is 7.65. The lowest BCUT2D eigenvalue weighted by Gasteiger charge is -2.18. The average molecular weight is 845 g/mol. The molecule has 0 fully saturated rings. The summed E-state index contributed by atoms with van der Waals surface area (Å²) in [4.78, 5) is 37.9. The van der Waals surface area contributed by atoms with Crippen molar-refractivity contribution in [3.8, 4) is 0 Å². The summed E-state index contributed by atoms with van der Waals surface area (Å²) in [6, 6.07) is 0. The molecule has 0 aromatic heterocycles. The number of hydrogen-bond donors (Lipinski definition) is 0. The predicted octanol–water partition coefficient (Wildman–Crippen LogP) is 17.2. The van der Waals surface area contributed by atoms with Crippen molar-refractivity contribution in [2.24, 2.45) is 0 Å². The van der Waals surface area contributed by atoms with Gasteiger partial charge in [0.2, 0.25) is 0 Å². The molecule has 1 unspecified atom stereocenters. The Hall–Kier alpha value is -2.11. The first kappa shape index (κ1) is 57.9. The first-order valence-electron chi connectivity index (χ1n) is 26.3. The van der Waals surface area contributed by atoms with Crippen molar-refractivity contribution >= 4 is 17.9 Å². The second-order valence-corrected chi connectivity index (χ2v) is 17.8. The first-order chi connectivity index (χ1) is 29.5. The minimum Gasteiger partial charge on any atom is -0.462 e. The van der Waals surface area contributed by atoms with E-state index in [4.69, 9.17) is 14.2 Å². The molecule has 6 heteroatoms. The second-order valence-electron chi connectivity index (χ2n) is 17.8. The van der Waals surface area contributed by atoms with Gasteiger partial charge >= 0.3 is 17.9 Å². The molecule has 60 heavy (non-hydrogen) atoms. The van der Waals surface area contributed by atoms with Gasteiger partial charge in [-0.05, 0) is 64.2 Å². The summed E-state index contributed by atoms with van der Waals surface area (Å²) in [5.74, 6) is -0.878. The molecule has 0 aliphatic heterocycles. The van der Waals surface area contributed by atoms with E-state index in [-0.39, 0.29) is 31.1 Å². The Labute approximate surface area is 373 Å². The van der Waals surface area contributed by atoms with E-state index in [2.05, 4.69) is 45.1 Å². The quantitative estimate of drug-likeness (QED) is 0.0263. The van der Waals surface area contributed by atoms with Crippen molar-refractivity contribution in [1.29, 1.82) is 0 Å². The zero-order valence-electron chi connectivity index (χ0n) is 40.2. The van der Waals surface area contributed by atoms with Crippen LogP contribution in [0.1, 0.15) is 284 Å². The topological polar surface area (TPSA) is 78.9 Å². The van der Waals surface area contributed by atoms with Crippen molar-refractivity contribution in [3.05, 3.63) is 24.3 Å².